The largest absolute Gasteiger partial charge is 0.494 e. The highest BCUT2D eigenvalue weighted by Gasteiger charge is 2.20. The highest BCUT2D eigenvalue weighted by molar-refractivity contribution is 7.71. The molecule has 0 aliphatic heterocycles. The molecule has 3 aromatic rings. The van der Waals surface area contributed by atoms with Crippen LogP contribution in [-0.4, -0.2) is 33.8 Å². The molecular weight excluding hydrogens is 392 g/mol. The van der Waals surface area contributed by atoms with Crippen molar-refractivity contribution in [2.45, 2.75) is 32.7 Å². The lowest BCUT2D eigenvalue weighted by molar-refractivity contribution is -0.123. The number of nitrogens with one attached hydrogen (secondary N) is 2. The molecule has 0 bridgehead atoms. The lowest BCUT2D eigenvalue weighted by atomic mass is 10.2. The van der Waals surface area contributed by atoms with Gasteiger partial charge in [-0.2, -0.15) is 5.10 Å². The number of rotatable bonds is 9. The van der Waals surface area contributed by atoms with Gasteiger partial charge < -0.3 is 10.1 Å². The first-order valence-corrected chi connectivity index (χ1v) is 10.5. The van der Waals surface area contributed by atoms with Gasteiger partial charge in [-0.1, -0.05) is 23.8 Å². The van der Waals surface area contributed by atoms with Crippen LogP contribution in [0.3, 0.4) is 0 Å². The third kappa shape index (κ3) is 5.08. The molecule has 1 atom stereocenters. The Morgan fingerprint density at radius 2 is 2.11 bits per heavy atom. The normalized spacial score (nSPS) is 11.9. The summed E-state index contributed by atoms with van der Waals surface area (Å²) in [7, 11) is 0. The van der Waals surface area contributed by atoms with E-state index in [1.807, 2.05) is 55.6 Å². The monoisotopic (exact) mass is 416 g/mol. The molecule has 148 valence electrons. The van der Waals surface area contributed by atoms with Crippen LogP contribution in [0.4, 0.5) is 0 Å². The third-order valence-corrected chi connectivity index (χ3v) is 5.53. The number of carbonyl (C=O) groups is 1. The van der Waals surface area contributed by atoms with Crippen LogP contribution in [0, 0.1) is 11.7 Å². The van der Waals surface area contributed by atoms with Crippen LogP contribution in [0.2, 0.25) is 0 Å². The quantitative estimate of drug-likeness (QED) is 0.398. The van der Waals surface area contributed by atoms with E-state index in [9.17, 15) is 4.79 Å². The van der Waals surface area contributed by atoms with E-state index in [1.165, 1.54) is 5.56 Å². The topological polar surface area (TPSA) is 71.9 Å². The molecule has 0 saturated carbocycles. The zero-order valence-electron chi connectivity index (χ0n) is 16.0. The summed E-state index contributed by atoms with van der Waals surface area (Å²) < 4.78 is 7.91. The van der Waals surface area contributed by atoms with Crippen molar-refractivity contribution in [1.29, 1.82) is 0 Å². The van der Waals surface area contributed by atoms with Gasteiger partial charge in [0.25, 0.3) is 0 Å². The number of hydrogen-bond donors (Lipinski definition) is 2. The standard InChI is InChI=1S/C20H24N4O2S2/c1-14-7-9-16(10-8-14)26-12-4-3-11-21-19(25)15(2)24-18(22-23-20(24)27)17-6-5-13-28-17/h5-10,13,15H,3-4,11-12H2,1-2H3,(H,21,25)(H,23,27). The summed E-state index contributed by atoms with van der Waals surface area (Å²) in [6, 6.07) is 11.5. The summed E-state index contributed by atoms with van der Waals surface area (Å²) in [5, 5.41) is 12.0. The molecule has 2 aromatic heterocycles. The van der Waals surface area contributed by atoms with E-state index in [4.69, 9.17) is 17.0 Å². The smallest absolute Gasteiger partial charge is 0.242 e. The van der Waals surface area contributed by atoms with Crippen LogP contribution in [0.5, 0.6) is 5.75 Å². The van der Waals surface area contributed by atoms with Crippen molar-refractivity contribution in [2.24, 2.45) is 0 Å². The number of aromatic amines is 1. The minimum atomic E-state index is -0.438. The van der Waals surface area contributed by atoms with E-state index in [2.05, 4.69) is 15.5 Å². The Morgan fingerprint density at radius 3 is 2.82 bits per heavy atom. The van der Waals surface area contributed by atoms with Crippen molar-refractivity contribution in [3.05, 3.63) is 52.1 Å². The predicted molar refractivity (Wildman–Crippen MR) is 114 cm³/mol. The summed E-state index contributed by atoms with van der Waals surface area (Å²) >= 11 is 6.88. The molecule has 0 aliphatic carbocycles. The zero-order valence-corrected chi connectivity index (χ0v) is 17.6. The molecule has 1 amide bonds. The van der Waals surface area contributed by atoms with E-state index in [0.717, 1.165) is 23.5 Å². The summed E-state index contributed by atoms with van der Waals surface area (Å²) in [4.78, 5) is 13.5. The first-order chi connectivity index (χ1) is 13.6. The summed E-state index contributed by atoms with van der Waals surface area (Å²) in [6.45, 7) is 5.11. The molecule has 0 fully saturated rings. The fraction of sp³-hybridized carbons (Fsp3) is 0.350. The van der Waals surface area contributed by atoms with Crippen molar-refractivity contribution in [2.75, 3.05) is 13.2 Å². The molecule has 2 N–H and O–H groups in total. The average molecular weight is 417 g/mol. The van der Waals surface area contributed by atoms with Gasteiger partial charge in [-0.3, -0.25) is 14.5 Å². The molecule has 1 unspecified atom stereocenters. The van der Waals surface area contributed by atoms with E-state index in [1.54, 1.807) is 15.9 Å². The molecule has 0 saturated heterocycles. The number of ether oxygens (including phenoxy) is 1. The third-order valence-electron chi connectivity index (χ3n) is 4.37. The maximum atomic E-state index is 12.6. The van der Waals surface area contributed by atoms with Gasteiger partial charge in [0, 0.05) is 6.54 Å². The number of H-pyrrole nitrogens is 1. The summed E-state index contributed by atoms with van der Waals surface area (Å²) in [5.41, 5.74) is 1.21. The molecule has 8 heteroatoms. The van der Waals surface area contributed by atoms with Crippen LogP contribution in [0.25, 0.3) is 10.7 Å². The Hall–Kier alpha value is -2.45. The average Bonchev–Trinajstić information content (AvgIpc) is 3.34. The van der Waals surface area contributed by atoms with Gasteiger partial charge in [0.2, 0.25) is 5.91 Å². The van der Waals surface area contributed by atoms with Crippen molar-refractivity contribution < 1.29 is 9.53 Å². The fourth-order valence-electron chi connectivity index (χ4n) is 2.77. The van der Waals surface area contributed by atoms with Crippen molar-refractivity contribution >= 4 is 29.5 Å². The lowest BCUT2D eigenvalue weighted by Crippen LogP contribution is -2.32. The minimum Gasteiger partial charge on any atom is -0.494 e. The number of amides is 1. The van der Waals surface area contributed by atoms with Crippen LogP contribution in [0.1, 0.15) is 31.4 Å². The van der Waals surface area contributed by atoms with Crippen LogP contribution < -0.4 is 10.1 Å². The van der Waals surface area contributed by atoms with Crippen LogP contribution in [-0.2, 0) is 4.79 Å². The van der Waals surface area contributed by atoms with Gasteiger partial charge in [0.05, 0.1) is 11.5 Å². The van der Waals surface area contributed by atoms with Gasteiger partial charge in [-0.15, -0.1) is 11.3 Å². The number of unbranched alkanes of at least 4 members (excludes halogenated alkanes) is 1. The summed E-state index contributed by atoms with van der Waals surface area (Å²) in [6.07, 6.45) is 1.72. The van der Waals surface area contributed by atoms with E-state index < -0.39 is 6.04 Å². The molecule has 0 spiro atoms. The second kappa shape index (κ2) is 9.66. The fourth-order valence-corrected chi connectivity index (χ4v) is 3.77. The molecule has 2 heterocycles. The first-order valence-electron chi connectivity index (χ1n) is 9.24. The number of nitrogens with zero attached hydrogens (tertiary/aromatic N) is 2. The maximum Gasteiger partial charge on any atom is 0.242 e. The van der Waals surface area contributed by atoms with Gasteiger partial charge >= 0.3 is 0 Å². The second-order valence-electron chi connectivity index (χ2n) is 6.54. The lowest BCUT2D eigenvalue weighted by Gasteiger charge is -2.15. The van der Waals surface area contributed by atoms with Gasteiger partial charge in [0.1, 0.15) is 11.8 Å². The number of aryl methyl sites for hydroxylation is 1. The predicted octanol–water partition coefficient (Wildman–Crippen LogP) is 4.51. The van der Waals surface area contributed by atoms with Gasteiger partial charge in [0.15, 0.2) is 10.6 Å². The van der Waals surface area contributed by atoms with Crippen LogP contribution in [0.15, 0.2) is 41.8 Å². The number of carbonyl (C=O) groups excluding carboxylic acids is 1. The highest BCUT2D eigenvalue weighted by atomic mass is 32.1. The zero-order chi connectivity index (χ0) is 19.9. The second-order valence-corrected chi connectivity index (χ2v) is 7.87. The number of benzene rings is 1. The Labute approximate surface area is 173 Å². The molecule has 0 radical (unpaired) electrons. The van der Waals surface area contributed by atoms with Crippen molar-refractivity contribution in [3.63, 3.8) is 0 Å². The molecular formula is C20H24N4O2S2. The maximum absolute atomic E-state index is 12.6. The van der Waals surface area contributed by atoms with Gasteiger partial charge in [-0.05, 0) is 62.5 Å². The summed E-state index contributed by atoms with van der Waals surface area (Å²) in [5.74, 6) is 1.49. The Balaban J connectivity index is 1.45. The Bertz CT molecular complexity index is 946. The number of thiophene rings is 1. The molecule has 0 aliphatic rings. The van der Waals surface area contributed by atoms with Crippen LogP contribution >= 0.6 is 23.6 Å². The Morgan fingerprint density at radius 1 is 1.32 bits per heavy atom. The minimum absolute atomic E-state index is 0.0743. The van der Waals surface area contributed by atoms with Crippen molar-refractivity contribution in [3.8, 4) is 16.5 Å². The van der Waals surface area contributed by atoms with E-state index in [-0.39, 0.29) is 5.91 Å². The molecule has 3 rings (SSSR count). The molecule has 28 heavy (non-hydrogen) atoms. The number of hydrogen-bond acceptors (Lipinski definition) is 5. The van der Waals surface area contributed by atoms with E-state index >= 15 is 0 Å². The van der Waals surface area contributed by atoms with Crippen molar-refractivity contribution in [1.82, 2.24) is 20.1 Å². The number of aromatic nitrogens is 3. The first kappa shape index (κ1) is 20.3. The molecule has 1 aromatic carbocycles. The Kier molecular flexibility index (Phi) is 7.00. The highest BCUT2D eigenvalue weighted by Crippen LogP contribution is 2.25. The molecule has 6 nitrogen and oxygen atoms in total. The van der Waals surface area contributed by atoms with E-state index in [0.29, 0.717) is 23.7 Å². The van der Waals surface area contributed by atoms with Gasteiger partial charge in [-0.25, -0.2) is 0 Å². The SMILES string of the molecule is Cc1ccc(OCCCCNC(=O)C(C)n2c(-c3cccs3)n[nH]c2=S)cc1.